The maximum absolute atomic E-state index is 11.4. The first-order chi connectivity index (χ1) is 5.46. The van der Waals surface area contributed by atoms with E-state index in [0.29, 0.717) is 5.71 Å². The van der Waals surface area contributed by atoms with E-state index in [9.17, 15) is 4.79 Å². The molecule has 12 heavy (non-hydrogen) atoms. The van der Waals surface area contributed by atoms with Crippen LogP contribution in [0.3, 0.4) is 0 Å². The average molecular weight is 189 g/mol. The van der Waals surface area contributed by atoms with E-state index in [4.69, 9.17) is 5.21 Å². The molecule has 0 heterocycles. The number of thioether (sulfide) groups is 1. The van der Waals surface area contributed by atoms with Gasteiger partial charge in [-0.3, -0.25) is 4.79 Å². The lowest BCUT2D eigenvalue weighted by atomic mass is 9.90. The number of hydrogen-bond acceptors (Lipinski definition) is 4. The molecule has 0 saturated carbocycles. The molecule has 0 amide bonds. The topological polar surface area (TPSA) is 49.7 Å². The van der Waals surface area contributed by atoms with Gasteiger partial charge in [-0.1, -0.05) is 23.8 Å². The van der Waals surface area contributed by atoms with Crippen LogP contribution in [0.5, 0.6) is 0 Å². The highest BCUT2D eigenvalue weighted by atomic mass is 32.2. The largest absolute Gasteiger partial charge is 0.411 e. The normalized spacial score (nSPS) is 13.2. The molecule has 0 aromatic heterocycles. The molecule has 0 spiro atoms. The Labute approximate surface area is 77.2 Å². The summed E-state index contributed by atoms with van der Waals surface area (Å²) in [4.78, 5) is 11.4. The molecule has 0 saturated heterocycles. The van der Waals surface area contributed by atoms with Gasteiger partial charge in [0.1, 0.15) is 0 Å². The number of hydrogen-bond donors (Lipinski definition) is 1. The van der Waals surface area contributed by atoms with Crippen molar-refractivity contribution in [1.29, 1.82) is 0 Å². The zero-order chi connectivity index (χ0) is 9.78. The van der Waals surface area contributed by atoms with Crippen LogP contribution in [-0.2, 0) is 4.79 Å². The highest BCUT2D eigenvalue weighted by Gasteiger charge is 2.31. The molecule has 3 nitrogen and oxygen atoms in total. The molecule has 0 aromatic carbocycles. The summed E-state index contributed by atoms with van der Waals surface area (Å²) < 4.78 is 0. The smallest absolute Gasteiger partial charge is 0.200 e. The van der Waals surface area contributed by atoms with Crippen LogP contribution in [0.4, 0.5) is 0 Å². The number of oxime groups is 1. The summed E-state index contributed by atoms with van der Waals surface area (Å²) in [7, 11) is 0. The Morgan fingerprint density at radius 1 is 1.58 bits per heavy atom. The third kappa shape index (κ3) is 2.52. The van der Waals surface area contributed by atoms with Crippen LogP contribution in [0.15, 0.2) is 5.16 Å². The van der Waals surface area contributed by atoms with Gasteiger partial charge in [0.05, 0.1) is 11.1 Å². The monoisotopic (exact) mass is 189 g/mol. The molecule has 0 atom stereocenters. The van der Waals surface area contributed by atoms with E-state index >= 15 is 0 Å². The molecule has 0 aliphatic carbocycles. The zero-order valence-electron chi connectivity index (χ0n) is 7.92. The Balaban J connectivity index is 4.49. The summed E-state index contributed by atoms with van der Waals surface area (Å²) >= 11 is 1.25. The highest BCUT2D eigenvalue weighted by Crippen LogP contribution is 2.25. The number of nitrogens with zero attached hydrogens (tertiary/aromatic N) is 1. The van der Waals surface area contributed by atoms with Gasteiger partial charge in [0.2, 0.25) is 0 Å². The minimum Gasteiger partial charge on any atom is -0.411 e. The first kappa shape index (κ1) is 11.5. The van der Waals surface area contributed by atoms with E-state index in [1.807, 2.05) is 6.92 Å². The zero-order valence-corrected chi connectivity index (χ0v) is 8.73. The van der Waals surface area contributed by atoms with Crippen LogP contribution in [0.2, 0.25) is 0 Å². The molecular formula is C8H15NO2S. The summed E-state index contributed by atoms with van der Waals surface area (Å²) in [6.07, 6.45) is 0. The second-order valence-electron chi connectivity index (χ2n) is 3.03. The lowest BCUT2D eigenvalue weighted by Crippen LogP contribution is -2.29. The second-order valence-corrected chi connectivity index (χ2v) is 4.27. The first-order valence-electron chi connectivity index (χ1n) is 3.83. The number of carbonyl (C=O) groups is 1. The molecule has 0 bridgehead atoms. The van der Waals surface area contributed by atoms with E-state index in [1.54, 1.807) is 20.8 Å². The van der Waals surface area contributed by atoms with Crippen molar-refractivity contribution in [1.82, 2.24) is 0 Å². The van der Waals surface area contributed by atoms with E-state index < -0.39 is 5.41 Å². The molecule has 0 rings (SSSR count). The minimum atomic E-state index is -0.657. The van der Waals surface area contributed by atoms with Gasteiger partial charge in [-0.05, 0) is 26.5 Å². The molecule has 0 fully saturated rings. The predicted octanol–water partition coefficient (Wildman–Crippen LogP) is 2.14. The van der Waals surface area contributed by atoms with Crippen LogP contribution in [-0.4, -0.2) is 21.8 Å². The summed E-state index contributed by atoms with van der Waals surface area (Å²) in [5.41, 5.74) is -0.205. The Morgan fingerprint density at radius 2 is 2.08 bits per heavy atom. The molecule has 0 unspecified atom stereocenters. The first-order valence-corrected chi connectivity index (χ1v) is 4.81. The SMILES string of the molecule is CCSC(=O)C(C)(C)/C(C)=N/O. The van der Waals surface area contributed by atoms with E-state index in [-0.39, 0.29) is 5.12 Å². The van der Waals surface area contributed by atoms with Crippen molar-refractivity contribution < 1.29 is 10.0 Å². The van der Waals surface area contributed by atoms with E-state index in [1.165, 1.54) is 11.8 Å². The molecule has 0 aliphatic heterocycles. The summed E-state index contributed by atoms with van der Waals surface area (Å²) in [6, 6.07) is 0. The summed E-state index contributed by atoms with van der Waals surface area (Å²) in [6.45, 7) is 7.08. The van der Waals surface area contributed by atoms with Crippen LogP contribution in [0.1, 0.15) is 27.7 Å². The van der Waals surface area contributed by atoms with Crippen LogP contribution < -0.4 is 0 Å². The third-order valence-corrected chi connectivity index (χ3v) is 2.90. The minimum absolute atomic E-state index is 0.0419. The molecule has 1 N–H and O–H groups in total. The van der Waals surface area contributed by atoms with Crippen molar-refractivity contribution in [2.45, 2.75) is 27.7 Å². The Morgan fingerprint density at radius 3 is 2.42 bits per heavy atom. The molecule has 4 heteroatoms. The van der Waals surface area contributed by atoms with Gasteiger partial charge in [-0.2, -0.15) is 0 Å². The van der Waals surface area contributed by atoms with Crippen LogP contribution in [0, 0.1) is 5.41 Å². The third-order valence-electron chi connectivity index (χ3n) is 1.84. The molecular weight excluding hydrogens is 174 g/mol. The van der Waals surface area contributed by atoms with E-state index in [2.05, 4.69) is 5.16 Å². The Hall–Kier alpha value is -0.510. The van der Waals surface area contributed by atoms with Crippen molar-refractivity contribution in [3.05, 3.63) is 0 Å². The highest BCUT2D eigenvalue weighted by molar-refractivity contribution is 8.13. The lowest BCUT2D eigenvalue weighted by Gasteiger charge is -2.20. The van der Waals surface area contributed by atoms with Crippen molar-refractivity contribution in [3.8, 4) is 0 Å². The fourth-order valence-corrected chi connectivity index (χ4v) is 1.35. The molecule has 0 aliphatic rings. The number of rotatable bonds is 3. The van der Waals surface area contributed by atoms with Gasteiger partial charge in [0.15, 0.2) is 5.12 Å². The van der Waals surface area contributed by atoms with Crippen molar-refractivity contribution >= 4 is 22.6 Å². The van der Waals surface area contributed by atoms with Gasteiger partial charge in [0, 0.05) is 0 Å². The molecule has 70 valence electrons. The van der Waals surface area contributed by atoms with Gasteiger partial charge in [0.25, 0.3) is 0 Å². The molecule has 0 radical (unpaired) electrons. The van der Waals surface area contributed by atoms with Gasteiger partial charge in [-0.15, -0.1) is 0 Å². The van der Waals surface area contributed by atoms with Crippen molar-refractivity contribution in [2.24, 2.45) is 10.6 Å². The van der Waals surface area contributed by atoms with E-state index in [0.717, 1.165) is 5.75 Å². The average Bonchev–Trinajstić information content (AvgIpc) is 2.03. The maximum atomic E-state index is 11.4. The standard InChI is InChI=1S/C8H15NO2S/c1-5-12-7(10)8(3,4)6(2)9-11/h11H,5H2,1-4H3/b9-6+. The Kier molecular flexibility index (Phi) is 4.31. The summed E-state index contributed by atoms with van der Waals surface area (Å²) in [5.74, 6) is 0.751. The second kappa shape index (κ2) is 4.50. The van der Waals surface area contributed by atoms with Gasteiger partial charge < -0.3 is 5.21 Å². The van der Waals surface area contributed by atoms with Gasteiger partial charge >= 0.3 is 0 Å². The quantitative estimate of drug-likeness (QED) is 0.420. The summed E-state index contributed by atoms with van der Waals surface area (Å²) in [5, 5.41) is 11.6. The fraction of sp³-hybridized carbons (Fsp3) is 0.750. The molecule has 0 aromatic rings. The van der Waals surface area contributed by atoms with Crippen LogP contribution >= 0.6 is 11.8 Å². The van der Waals surface area contributed by atoms with Crippen LogP contribution in [0.25, 0.3) is 0 Å². The Bertz CT molecular complexity index is 199. The van der Waals surface area contributed by atoms with Crippen molar-refractivity contribution in [2.75, 3.05) is 5.75 Å². The lowest BCUT2D eigenvalue weighted by molar-refractivity contribution is -0.115. The predicted molar refractivity (Wildman–Crippen MR) is 51.8 cm³/mol. The number of carbonyl (C=O) groups excluding carboxylic acids is 1. The maximum Gasteiger partial charge on any atom is 0.200 e. The fourth-order valence-electron chi connectivity index (χ4n) is 0.584. The van der Waals surface area contributed by atoms with Gasteiger partial charge in [-0.25, -0.2) is 0 Å². The van der Waals surface area contributed by atoms with Crippen molar-refractivity contribution in [3.63, 3.8) is 0 Å².